The van der Waals surface area contributed by atoms with E-state index in [4.69, 9.17) is 10.8 Å². The number of aromatic nitrogens is 1. The van der Waals surface area contributed by atoms with Gasteiger partial charge in [0.25, 0.3) is 0 Å². The molecule has 19 heavy (non-hydrogen) atoms. The fraction of sp³-hybridized carbons (Fsp3) is 0.571. The lowest BCUT2D eigenvalue weighted by Crippen LogP contribution is -2.36. The second-order valence-corrected chi connectivity index (χ2v) is 5.24. The van der Waals surface area contributed by atoms with Crippen LogP contribution in [0.1, 0.15) is 30.4 Å². The van der Waals surface area contributed by atoms with Crippen molar-refractivity contribution in [3.05, 3.63) is 23.4 Å². The van der Waals surface area contributed by atoms with Gasteiger partial charge in [0, 0.05) is 25.7 Å². The first-order valence-electron chi connectivity index (χ1n) is 6.69. The molecule has 104 valence electrons. The molecule has 1 aromatic heterocycles. The number of aliphatic hydroxyl groups excluding tert-OH is 1. The fourth-order valence-electron chi connectivity index (χ4n) is 2.68. The van der Waals surface area contributed by atoms with Gasteiger partial charge in [0.15, 0.2) is 0 Å². The predicted molar refractivity (Wildman–Crippen MR) is 73.6 cm³/mol. The van der Waals surface area contributed by atoms with Crippen LogP contribution in [-0.4, -0.2) is 29.1 Å². The molecule has 1 aliphatic rings. The quantitative estimate of drug-likeness (QED) is 0.848. The lowest BCUT2D eigenvalue weighted by Gasteiger charge is -2.33. The number of carbonyl (C=O) groups excluding carboxylic acids is 1. The molecule has 1 amide bonds. The molecule has 0 bridgehead atoms. The second kappa shape index (κ2) is 6.02. The predicted octanol–water partition coefficient (Wildman–Crippen LogP) is 0.974. The summed E-state index contributed by atoms with van der Waals surface area (Å²) in [5, 5.41) is 9.08. The molecule has 0 radical (unpaired) electrons. The summed E-state index contributed by atoms with van der Waals surface area (Å²) in [6.45, 7) is 3.85. The van der Waals surface area contributed by atoms with E-state index in [0.717, 1.165) is 42.9 Å². The van der Waals surface area contributed by atoms with E-state index >= 15 is 0 Å². The third-order valence-electron chi connectivity index (χ3n) is 3.69. The zero-order chi connectivity index (χ0) is 13.8. The van der Waals surface area contributed by atoms with Gasteiger partial charge in [-0.05, 0) is 42.9 Å². The molecule has 2 rings (SSSR count). The molecule has 5 nitrogen and oxygen atoms in total. The van der Waals surface area contributed by atoms with Gasteiger partial charge < -0.3 is 15.7 Å². The van der Waals surface area contributed by atoms with E-state index in [9.17, 15) is 4.79 Å². The van der Waals surface area contributed by atoms with Gasteiger partial charge in [0.05, 0.1) is 6.61 Å². The Bertz CT molecular complexity index is 454. The number of hydrogen-bond donors (Lipinski definition) is 2. The summed E-state index contributed by atoms with van der Waals surface area (Å²) in [4.78, 5) is 17.6. The Hall–Kier alpha value is -1.62. The lowest BCUT2D eigenvalue weighted by molar-refractivity contribution is -0.119. The summed E-state index contributed by atoms with van der Waals surface area (Å²) in [5.74, 6) is 1.18. The maximum atomic E-state index is 10.9. The van der Waals surface area contributed by atoms with Crippen molar-refractivity contribution < 1.29 is 9.90 Å². The van der Waals surface area contributed by atoms with Crippen molar-refractivity contribution in [3.8, 4) is 0 Å². The lowest BCUT2D eigenvalue weighted by atomic mass is 9.93. The number of nitrogens with two attached hydrogens (primary N) is 1. The zero-order valence-electron chi connectivity index (χ0n) is 11.3. The van der Waals surface area contributed by atoms with Crippen LogP contribution in [0.15, 0.2) is 12.3 Å². The van der Waals surface area contributed by atoms with Gasteiger partial charge >= 0.3 is 0 Å². The number of aliphatic hydroxyl groups is 1. The Morgan fingerprint density at radius 3 is 2.74 bits per heavy atom. The van der Waals surface area contributed by atoms with Crippen molar-refractivity contribution in [1.82, 2.24) is 4.98 Å². The normalized spacial score (nSPS) is 16.6. The number of anilines is 1. The standard InChI is InChI=1S/C14H21N3O2/c1-10-6-12(9-18)8-16-14(10)17-4-2-11(3-5-17)7-13(15)19/h6,8,11,18H,2-5,7,9H2,1H3,(H2,15,19). The van der Waals surface area contributed by atoms with Crippen molar-refractivity contribution in [2.75, 3.05) is 18.0 Å². The number of hydrogen-bond acceptors (Lipinski definition) is 4. The number of piperidine rings is 1. The molecule has 1 aromatic rings. The minimum atomic E-state index is -0.208. The Balaban J connectivity index is 1.99. The number of rotatable bonds is 4. The molecule has 0 spiro atoms. The van der Waals surface area contributed by atoms with Crippen LogP contribution in [0.3, 0.4) is 0 Å². The van der Waals surface area contributed by atoms with Crippen molar-refractivity contribution in [1.29, 1.82) is 0 Å². The molecular weight excluding hydrogens is 242 g/mol. The van der Waals surface area contributed by atoms with Gasteiger partial charge in [0.2, 0.25) is 5.91 Å². The van der Waals surface area contributed by atoms with E-state index in [1.807, 2.05) is 13.0 Å². The highest BCUT2D eigenvalue weighted by molar-refractivity contribution is 5.74. The van der Waals surface area contributed by atoms with Crippen LogP contribution >= 0.6 is 0 Å². The highest BCUT2D eigenvalue weighted by atomic mass is 16.3. The molecule has 0 unspecified atom stereocenters. The molecular formula is C14H21N3O2. The van der Waals surface area contributed by atoms with Crippen LogP contribution in [0.25, 0.3) is 0 Å². The summed E-state index contributed by atoms with van der Waals surface area (Å²) in [6, 6.07) is 1.97. The monoisotopic (exact) mass is 263 g/mol. The number of aryl methyl sites for hydroxylation is 1. The number of amides is 1. The molecule has 3 N–H and O–H groups in total. The van der Waals surface area contributed by atoms with Crippen LogP contribution in [-0.2, 0) is 11.4 Å². The second-order valence-electron chi connectivity index (χ2n) is 5.24. The van der Waals surface area contributed by atoms with E-state index < -0.39 is 0 Å². The molecule has 2 heterocycles. The van der Waals surface area contributed by atoms with Crippen LogP contribution in [0.4, 0.5) is 5.82 Å². The van der Waals surface area contributed by atoms with Crippen LogP contribution < -0.4 is 10.6 Å². The van der Waals surface area contributed by atoms with Gasteiger partial charge in [-0.25, -0.2) is 4.98 Å². The molecule has 1 fully saturated rings. The minimum absolute atomic E-state index is 0.0226. The van der Waals surface area contributed by atoms with E-state index in [0.29, 0.717) is 12.3 Å². The van der Waals surface area contributed by atoms with Gasteiger partial charge in [-0.3, -0.25) is 4.79 Å². The van der Waals surface area contributed by atoms with Crippen molar-refractivity contribution >= 4 is 11.7 Å². The molecule has 1 saturated heterocycles. The largest absolute Gasteiger partial charge is 0.392 e. The van der Waals surface area contributed by atoms with E-state index in [2.05, 4.69) is 9.88 Å². The van der Waals surface area contributed by atoms with Crippen LogP contribution in [0.2, 0.25) is 0 Å². The van der Waals surface area contributed by atoms with Gasteiger partial charge in [-0.15, -0.1) is 0 Å². The van der Waals surface area contributed by atoms with Crippen LogP contribution in [0, 0.1) is 12.8 Å². The molecule has 5 heteroatoms. The third-order valence-corrected chi connectivity index (χ3v) is 3.69. The summed E-state index contributed by atoms with van der Waals surface area (Å²) in [6.07, 6.45) is 4.17. The van der Waals surface area contributed by atoms with Crippen molar-refractivity contribution in [3.63, 3.8) is 0 Å². The Kier molecular flexibility index (Phi) is 4.37. The first-order valence-corrected chi connectivity index (χ1v) is 6.69. The number of carbonyl (C=O) groups is 1. The zero-order valence-corrected chi connectivity index (χ0v) is 11.3. The van der Waals surface area contributed by atoms with Gasteiger partial charge in [0.1, 0.15) is 5.82 Å². The van der Waals surface area contributed by atoms with Gasteiger partial charge in [-0.1, -0.05) is 0 Å². The molecule has 0 atom stereocenters. The van der Waals surface area contributed by atoms with E-state index in [1.165, 1.54) is 0 Å². The molecule has 1 aliphatic heterocycles. The highest BCUT2D eigenvalue weighted by Crippen LogP contribution is 2.26. The smallest absolute Gasteiger partial charge is 0.217 e. The average Bonchev–Trinajstić information content (AvgIpc) is 2.39. The van der Waals surface area contributed by atoms with Crippen molar-refractivity contribution in [2.24, 2.45) is 11.7 Å². The molecule has 0 saturated carbocycles. The highest BCUT2D eigenvalue weighted by Gasteiger charge is 2.22. The minimum Gasteiger partial charge on any atom is -0.392 e. The topological polar surface area (TPSA) is 79.5 Å². The Morgan fingerprint density at radius 1 is 1.53 bits per heavy atom. The number of nitrogens with zero attached hydrogens (tertiary/aromatic N) is 2. The fourth-order valence-corrected chi connectivity index (χ4v) is 2.68. The first kappa shape index (κ1) is 13.8. The third kappa shape index (κ3) is 3.44. The summed E-state index contributed by atoms with van der Waals surface area (Å²) in [7, 11) is 0. The van der Waals surface area contributed by atoms with E-state index in [-0.39, 0.29) is 12.5 Å². The Morgan fingerprint density at radius 2 is 2.21 bits per heavy atom. The maximum absolute atomic E-state index is 10.9. The SMILES string of the molecule is Cc1cc(CO)cnc1N1CCC(CC(N)=O)CC1. The number of primary amides is 1. The maximum Gasteiger partial charge on any atom is 0.217 e. The summed E-state index contributed by atoms with van der Waals surface area (Å²) < 4.78 is 0. The van der Waals surface area contributed by atoms with Crippen LogP contribution in [0.5, 0.6) is 0 Å². The number of pyridine rings is 1. The Labute approximate surface area is 113 Å². The molecule has 0 aliphatic carbocycles. The molecule has 0 aromatic carbocycles. The van der Waals surface area contributed by atoms with Gasteiger partial charge in [-0.2, -0.15) is 0 Å². The summed E-state index contributed by atoms with van der Waals surface area (Å²) in [5.41, 5.74) is 7.16. The average molecular weight is 263 g/mol. The first-order chi connectivity index (χ1) is 9.10. The van der Waals surface area contributed by atoms with Crippen molar-refractivity contribution in [2.45, 2.75) is 32.8 Å². The van der Waals surface area contributed by atoms with E-state index in [1.54, 1.807) is 6.20 Å². The summed E-state index contributed by atoms with van der Waals surface area (Å²) >= 11 is 0.